The molecule has 1 aliphatic heterocycles. The fourth-order valence-corrected chi connectivity index (χ4v) is 4.89. The van der Waals surface area contributed by atoms with Gasteiger partial charge in [0.25, 0.3) is 17.1 Å². The zero-order valence-electron chi connectivity index (χ0n) is 30.3. The van der Waals surface area contributed by atoms with Crippen LogP contribution >= 0.6 is 0 Å². The SMILES string of the molecule is CC(=O)OCC(C)c1cc2c(cc1[N+](=O)[O-])CCO2.CC(=O)OCC(C)c1ccccc1[N+](=O)[O-].COc1cc(COC(C)=O)c([N+](=O)[O-])cc1OC. The maximum absolute atomic E-state index is 11.1. The number of hydrogen-bond donors (Lipinski definition) is 0. The van der Waals surface area contributed by atoms with Crippen LogP contribution in [0.3, 0.4) is 0 Å². The van der Waals surface area contributed by atoms with Gasteiger partial charge in [0.2, 0.25) is 0 Å². The summed E-state index contributed by atoms with van der Waals surface area (Å²) in [4.78, 5) is 63.6. The molecule has 0 aromatic heterocycles. The van der Waals surface area contributed by atoms with Crippen molar-refractivity contribution >= 4 is 35.0 Å². The molecule has 1 heterocycles. The number of nitrogens with zero attached hydrogens (tertiary/aromatic N) is 3. The van der Waals surface area contributed by atoms with Gasteiger partial charge in [0.15, 0.2) is 11.5 Å². The number of methoxy groups -OCH3 is 2. The summed E-state index contributed by atoms with van der Waals surface area (Å²) in [6.07, 6.45) is 0.689. The number of para-hydroxylation sites is 1. The molecule has 4 rings (SSSR count). The van der Waals surface area contributed by atoms with E-state index in [0.29, 0.717) is 35.7 Å². The summed E-state index contributed by atoms with van der Waals surface area (Å²) in [5.74, 6) is -0.461. The molecule has 1 aliphatic rings. The van der Waals surface area contributed by atoms with Crippen LogP contribution in [0, 0.1) is 30.3 Å². The second-order valence-corrected chi connectivity index (χ2v) is 11.5. The number of ether oxygens (including phenoxy) is 6. The maximum Gasteiger partial charge on any atom is 0.302 e. The van der Waals surface area contributed by atoms with Gasteiger partial charge in [-0.1, -0.05) is 32.0 Å². The molecular formula is C35H41N3O15. The number of benzene rings is 3. The molecule has 0 fully saturated rings. The highest BCUT2D eigenvalue weighted by atomic mass is 16.6. The third-order valence-corrected chi connectivity index (χ3v) is 7.52. The first-order chi connectivity index (χ1) is 25.0. The number of nitro benzene ring substituents is 3. The van der Waals surface area contributed by atoms with Crippen LogP contribution in [0.4, 0.5) is 17.1 Å². The van der Waals surface area contributed by atoms with Crippen molar-refractivity contribution < 1.29 is 57.6 Å². The monoisotopic (exact) mass is 743 g/mol. The fraction of sp³-hybridized carbons (Fsp3) is 0.400. The lowest BCUT2D eigenvalue weighted by molar-refractivity contribution is -0.386. The molecule has 0 radical (unpaired) electrons. The van der Waals surface area contributed by atoms with E-state index < -0.39 is 26.7 Å². The first-order valence-corrected chi connectivity index (χ1v) is 16.0. The summed E-state index contributed by atoms with van der Waals surface area (Å²) in [5, 5.41) is 32.8. The second-order valence-electron chi connectivity index (χ2n) is 11.5. The van der Waals surface area contributed by atoms with Crippen molar-refractivity contribution in [1.82, 2.24) is 0 Å². The van der Waals surface area contributed by atoms with Gasteiger partial charge in [-0.3, -0.25) is 44.7 Å². The predicted molar refractivity (Wildman–Crippen MR) is 187 cm³/mol. The standard InChI is InChI=1S/C13H15NO5.C11H13NO6.C11H13NO4/c1-8(7-19-9(2)15)11-6-13-10(3-4-18-13)5-12(11)14(16)17;1-7(13)18-6-8-4-10(16-2)11(17-3)5-9(8)12(14)15;1-8(7-16-9(2)13)10-5-3-4-6-11(10)12(14)15/h5-6,8H,3-4,7H2,1-2H3;4-5H,6H2,1-3H3;3-6,8H,7H2,1-2H3. The average Bonchev–Trinajstić information content (AvgIpc) is 3.59. The van der Waals surface area contributed by atoms with Gasteiger partial charge in [-0.2, -0.15) is 0 Å². The zero-order valence-corrected chi connectivity index (χ0v) is 30.3. The molecule has 0 aliphatic carbocycles. The van der Waals surface area contributed by atoms with Crippen molar-refractivity contribution in [2.75, 3.05) is 34.0 Å². The van der Waals surface area contributed by atoms with Crippen molar-refractivity contribution in [2.24, 2.45) is 0 Å². The third-order valence-electron chi connectivity index (χ3n) is 7.52. The van der Waals surface area contributed by atoms with Crippen molar-refractivity contribution in [2.45, 2.75) is 59.5 Å². The molecular weight excluding hydrogens is 702 g/mol. The Morgan fingerprint density at radius 1 is 0.698 bits per heavy atom. The smallest absolute Gasteiger partial charge is 0.302 e. The van der Waals surface area contributed by atoms with Crippen molar-refractivity contribution in [3.63, 3.8) is 0 Å². The number of esters is 3. The molecule has 18 heteroatoms. The van der Waals surface area contributed by atoms with Gasteiger partial charge in [-0.05, 0) is 12.1 Å². The topological polar surface area (TPSA) is 236 Å². The van der Waals surface area contributed by atoms with E-state index in [1.807, 2.05) is 0 Å². The van der Waals surface area contributed by atoms with Crippen molar-refractivity contribution in [1.29, 1.82) is 0 Å². The lowest BCUT2D eigenvalue weighted by Gasteiger charge is -2.13. The van der Waals surface area contributed by atoms with Crippen LogP contribution in [0.15, 0.2) is 48.5 Å². The average molecular weight is 744 g/mol. The molecule has 0 spiro atoms. The van der Waals surface area contributed by atoms with E-state index >= 15 is 0 Å². The van der Waals surface area contributed by atoms with Crippen molar-refractivity contribution in [3.8, 4) is 17.2 Å². The molecule has 0 amide bonds. The Balaban J connectivity index is 0.000000276. The zero-order chi connectivity index (χ0) is 39.8. The molecule has 0 saturated carbocycles. The molecule has 0 bridgehead atoms. The Morgan fingerprint density at radius 3 is 1.72 bits per heavy atom. The number of hydrogen-bond acceptors (Lipinski definition) is 15. The molecule has 3 aromatic rings. The minimum Gasteiger partial charge on any atom is -0.493 e. The molecule has 2 unspecified atom stereocenters. The van der Waals surface area contributed by atoms with Crippen LogP contribution in [0.5, 0.6) is 17.2 Å². The quantitative estimate of drug-likeness (QED) is 0.0828. The number of nitro groups is 3. The summed E-state index contributed by atoms with van der Waals surface area (Å²) in [6, 6.07) is 12.4. The van der Waals surface area contributed by atoms with E-state index in [4.69, 9.17) is 28.4 Å². The third kappa shape index (κ3) is 13.1. The van der Waals surface area contributed by atoms with Gasteiger partial charge in [0.05, 0.1) is 60.4 Å². The Kier molecular flexibility index (Phi) is 16.6. The molecule has 2 atom stereocenters. The Labute approximate surface area is 304 Å². The lowest BCUT2D eigenvalue weighted by Crippen LogP contribution is -2.10. The highest BCUT2D eigenvalue weighted by Gasteiger charge is 2.26. The van der Waals surface area contributed by atoms with Gasteiger partial charge in [0, 0.05) is 67.9 Å². The first-order valence-electron chi connectivity index (χ1n) is 16.0. The van der Waals surface area contributed by atoms with Crippen LogP contribution in [0.1, 0.15) is 68.7 Å². The number of rotatable bonds is 13. The van der Waals surface area contributed by atoms with Crippen LogP contribution < -0.4 is 14.2 Å². The highest BCUT2D eigenvalue weighted by molar-refractivity contribution is 5.67. The van der Waals surface area contributed by atoms with Crippen LogP contribution in [0.25, 0.3) is 0 Å². The maximum atomic E-state index is 11.1. The van der Waals surface area contributed by atoms with Crippen LogP contribution in [-0.2, 0) is 41.6 Å². The van der Waals surface area contributed by atoms with Crippen LogP contribution in [-0.4, -0.2) is 66.7 Å². The lowest BCUT2D eigenvalue weighted by atomic mass is 9.97. The molecule has 286 valence electrons. The summed E-state index contributed by atoms with van der Waals surface area (Å²) in [7, 11) is 2.80. The van der Waals surface area contributed by atoms with Gasteiger partial charge in [-0.25, -0.2) is 0 Å². The summed E-state index contributed by atoms with van der Waals surface area (Å²) in [5.41, 5.74) is 2.14. The van der Waals surface area contributed by atoms with Crippen molar-refractivity contribution in [3.05, 3.63) is 101 Å². The normalized spacial score (nSPS) is 12.1. The molecule has 18 nitrogen and oxygen atoms in total. The summed E-state index contributed by atoms with van der Waals surface area (Å²) < 4.78 is 29.9. The Bertz CT molecular complexity index is 1810. The molecule has 53 heavy (non-hydrogen) atoms. The number of fused-ring (bicyclic) bond motifs is 1. The van der Waals surface area contributed by atoms with E-state index in [-0.39, 0.29) is 66.0 Å². The predicted octanol–water partition coefficient (Wildman–Crippen LogP) is 6.13. The highest BCUT2D eigenvalue weighted by Crippen LogP contribution is 2.37. The van der Waals surface area contributed by atoms with Gasteiger partial charge >= 0.3 is 17.9 Å². The largest absolute Gasteiger partial charge is 0.493 e. The number of carbonyl (C=O) groups excluding carboxylic acids is 3. The van der Waals surface area contributed by atoms with E-state index in [2.05, 4.69) is 0 Å². The molecule has 0 N–H and O–H groups in total. The Hall–Kier alpha value is -6.33. The van der Waals surface area contributed by atoms with E-state index in [0.717, 1.165) is 5.56 Å². The Morgan fingerprint density at radius 2 is 1.21 bits per heavy atom. The minimum absolute atomic E-state index is 0.0575. The van der Waals surface area contributed by atoms with Gasteiger partial charge < -0.3 is 28.4 Å². The van der Waals surface area contributed by atoms with Gasteiger partial charge in [0.1, 0.15) is 12.4 Å². The van der Waals surface area contributed by atoms with Gasteiger partial charge in [-0.15, -0.1) is 0 Å². The summed E-state index contributed by atoms with van der Waals surface area (Å²) in [6.45, 7) is 8.05. The second kappa shape index (κ2) is 20.5. The van der Waals surface area contributed by atoms with E-state index in [1.165, 1.54) is 53.2 Å². The van der Waals surface area contributed by atoms with E-state index in [1.54, 1.807) is 44.2 Å². The minimum atomic E-state index is -0.569. The fourth-order valence-electron chi connectivity index (χ4n) is 4.89. The number of carbonyl (C=O) groups is 3. The van der Waals surface area contributed by atoms with E-state index in [9.17, 15) is 44.7 Å². The molecule has 0 saturated heterocycles. The first kappa shape index (κ1) is 42.8. The van der Waals surface area contributed by atoms with Crippen LogP contribution in [0.2, 0.25) is 0 Å². The summed E-state index contributed by atoms with van der Waals surface area (Å²) >= 11 is 0. The molecule has 3 aromatic carbocycles.